The summed E-state index contributed by atoms with van der Waals surface area (Å²) < 4.78 is 19.8. The van der Waals surface area contributed by atoms with E-state index in [0.29, 0.717) is 16.3 Å². The molecule has 1 aliphatic rings. The lowest BCUT2D eigenvalue weighted by Crippen LogP contribution is -2.57. The van der Waals surface area contributed by atoms with E-state index in [1.54, 1.807) is 44.2 Å². The number of hydrogen-bond acceptors (Lipinski definition) is 6. The number of ether oxygens (including phenoxy) is 1. The zero-order valence-electron chi connectivity index (χ0n) is 17.8. The second-order valence-electron chi connectivity index (χ2n) is 7.48. The number of anilines is 1. The molecule has 1 aliphatic heterocycles. The monoisotopic (exact) mass is 476 g/mol. The molecule has 2 aromatic rings. The van der Waals surface area contributed by atoms with Gasteiger partial charge in [0.05, 0.1) is 19.2 Å². The number of benzene rings is 2. The summed E-state index contributed by atoms with van der Waals surface area (Å²) >= 11 is 5.92. The number of halogens is 2. The molecule has 1 unspecified atom stereocenters. The predicted octanol–water partition coefficient (Wildman–Crippen LogP) is 2.65. The molecule has 0 saturated heterocycles. The van der Waals surface area contributed by atoms with Gasteiger partial charge < -0.3 is 20.5 Å². The van der Waals surface area contributed by atoms with Crippen LogP contribution >= 0.6 is 11.6 Å². The Labute approximate surface area is 194 Å². The van der Waals surface area contributed by atoms with Crippen molar-refractivity contribution in [3.8, 4) is 5.75 Å². The second kappa shape index (κ2) is 10.3. The fourth-order valence-corrected chi connectivity index (χ4v) is 3.18. The van der Waals surface area contributed by atoms with Crippen molar-refractivity contribution in [2.45, 2.75) is 32.5 Å². The summed E-state index contributed by atoms with van der Waals surface area (Å²) in [5.74, 6) is -3.97. The molecule has 2 aromatic carbocycles. The molecule has 1 atom stereocenters. The Hall–Kier alpha value is -3.66. The van der Waals surface area contributed by atoms with E-state index in [-0.39, 0.29) is 30.9 Å². The fourth-order valence-electron chi connectivity index (χ4n) is 3.05. The van der Waals surface area contributed by atoms with E-state index in [1.807, 2.05) is 0 Å². The number of carboxylic acid groups (broad SMARTS) is 1. The van der Waals surface area contributed by atoms with Gasteiger partial charge in [0.2, 0.25) is 5.96 Å². The van der Waals surface area contributed by atoms with Crippen molar-refractivity contribution in [2.24, 2.45) is 4.99 Å². The number of hydrogen-bond donors (Lipinski definition) is 3. The number of carbonyl (C=O) groups excluding carboxylic acids is 2. The Morgan fingerprint density at radius 2 is 1.97 bits per heavy atom. The molecule has 0 aromatic heterocycles. The van der Waals surface area contributed by atoms with Crippen molar-refractivity contribution in [1.29, 1.82) is 0 Å². The van der Waals surface area contributed by atoms with Gasteiger partial charge in [-0.3, -0.25) is 14.5 Å². The van der Waals surface area contributed by atoms with Crippen LogP contribution in [-0.2, 0) is 20.9 Å². The second-order valence-corrected chi connectivity index (χ2v) is 7.92. The third-order valence-electron chi connectivity index (χ3n) is 4.55. The minimum atomic E-state index is -1.71. The molecule has 0 spiro atoms. The highest BCUT2D eigenvalue weighted by atomic mass is 35.5. The molecule has 0 aliphatic carbocycles. The molecule has 2 amide bonds. The number of aliphatic imine (C=N–C) groups is 1. The minimum Gasteiger partial charge on any atom is -0.488 e. The number of aliphatic carboxylic acids is 1. The van der Waals surface area contributed by atoms with E-state index in [4.69, 9.17) is 21.4 Å². The molecule has 1 heterocycles. The standard InChI is InChI=1S/C22H22ClFN4O5/c1-12(2)33-18-8-7-15(9-16(18)24)26-22-25-10-17(27-19(29)21(31)32)20(30)28(22)11-13-3-5-14(23)6-4-13/h3-9,12,17H,10-11H2,1-2H3,(H,25,26)(H,27,29)(H,31,32). The lowest BCUT2D eigenvalue weighted by Gasteiger charge is -2.32. The third kappa shape index (κ3) is 6.19. The fraction of sp³-hybridized carbons (Fsp3) is 0.273. The quantitative estimate of drug-likeness (QED) is 0.551. The van der Waals surface area contributed by atoms with Crippen molar-refractivity contribution in [1.82, 2.24) is 10.2 Å². The van der Waals surface area contributed by atoms with Crippen molar-refractivity contribution < 1.29 is 28.6 Å². The Balaban J connectivity index is 1.86. The molecule has 33 heavy (non-hydrogen) atoms. The number of nitrogens with zero attached hydrogens (tertiary/aromatic N) is 2. The van der Waals surface area contributed by atoms with E-state index in [0.717, 1.165) is 0 Å². The van der Waals surface area contributed by atoms with Crippen LogP contribution in [0.4, 0.5) is 10.1 Å². The molecular weight excluding hydrogens is 455 g/mol. The maximum atomic E-state index is 14.4. The first kappa shape index (κ1) is 24.0. The summed E-state index contributed by atoms with van der Waals surface area (Å²) in [6.07, 6.45) is -0.202. The number of amides is 2. The van der Waals surface area contributed by atoms with Gasteiger partial charge in [0, 0.05) is 16.8 Å². The summed E-state index contributed by atoms with van der Waals surface area (Å²) in [6.45, 7) is 3.43. The number of carboxylic acids is 1. The highest BCUT2D eigenvalue weighted by Gasteiger charge is 2.34. The molecule has 0 radical (unpaired) electrons. The van der Waals surface area contributed by atoms with E-state index in [2.05, 4.69) is 15.6 Å². The van der Waals surface area contributed by atoms with Gasteiger partial charge in [-0.05, 0) is 43.7 Å². The Bertz CT molecular complexity index is 1090. The summed E-state index contributed by atoms with van der Waals surface area (Å²) in [6, 6.07) is 9.82. The van der Waals surface area contributed by atoms with E-state index < -0.39 is 29.6 Å². The van der Waals surface area contributed by atoms with Crippen LogP contribution in [0.5, 0.6) is 5.75 Å². The van der Waals surface area contributed by atoms with Crippen molar-refractivity contribution in [3.63, 3.8) is 0 Å². The van der Waals surface area contributed by atoms with Gasteiger partial charge in [0.15, 0.2) is 11.6 Å². The number of nitrogens with one attached hydrogen (secondary N) is 2. The number of rotatable bonds is 6. The van der Waals surface area contributed by atoms with E-state index >= 15 is 0 Å². The molecule has 3 rings (SSSR count). The van der Waals surface area contributed by atoms with Crippen LogP contribution in [-0.4, -0.2) is 52.4 Å². The first-order valence-electron chi connectivity index (χ1n) is 10.0. The van der Waals surface area contributed by atoms with Gasteiger partial charge in [-0.25, -0.2) is 14.2 Å². The van der Waals surface area contributed by atoms with E-state index in [1.165, 1.54) is 17.0 Å². The zero-order chi connectivity index (χ0) is 24.1. The average molecular weight is 477 g/mol. The van der Waals surface area contributed by atoms with Crippen LogP contribution < -0.4 is 15.4 Å². The van der Waals surface area contributed by atoms with Crippen LogP contribution in [0.25, 0.3) is 0 Å². The van der Waals surface area contributed by atoms with Gasteiger partial charge in [-0.15, -0.1) is 0 Å². The first-order valence-corrected chi connectivity index (χ1v) is 10.4. The van der Waals surface area contributed by atoms with Gasteiger partial charge in [-0.2, -0.15) is 0 Å². The minimum absolute atomic E-state index is 0.0539. The lowest BCUT2D eigenvalue weighted by molar-refractivity contribution is -0.151. The molecule has 9 nitrogen and oxygen atoms in total. The van der Waals surface area contributed by atoms with Crippen molar-refractivity contribution in [2.75, 3.05) is 11.9 Å². The van der Waals surface area contributed by atoms with Gasteiger partial charge in [-0.1, -0.05) is 23.7 Å². The smallest absolute Gasteiger partial charge is 0.394 e. The van der Waals surface area contributed by atoms with Gasteiger partial charge in [0.1, 0.15) is 6.04 Å². The summed E-state index contributed by atoms with van der Waals surface area (Å²) in [5.41, 5.74) is 1.03. The zero-order valence-corrected chi connectivity index (χ0v) is 18.6. The normalized spacial score (nSPS) is 15.8. The summed E-state index contributed by atoms with van der Waals surface area (Å²) in [5, 5.41) is 14.4. The Morgan fingerprint density at radius 3 is 2.58 bits per heavy atom. The van der Waals surface area contributed by atoms with Crippen LogP contribution in [0.2, 0.25) is 5.02 Å². The Kier molecular flexibility index (Phi) is 7.49. The van der Waals surface area contributed by atoms with Gasteiger partial charge >= 0.3 is 11.9 Å². The van der Waals surface area contributed by atoms with Crippen LogP contribution in [0.15, 0.2) is 47.5 Å². The van der Waals surface area contributed by atoms with Crippen LogP contribution in [0, 0.1) is 5.82 Å². The summed E-state index contributed by atoms with van der Waals surface area (Å²) in [4.78, 5) is 41.0. The topological polar surface area (TPSA) is 120 Å². The lowest BCUT2D eigenvalue weighted by atomic mass is 10.1. The molecule has 0 fully saturated rings. The molecule has 11 heteroatoms. The summed E-state index contributed by atoms with van der Waals surface area (Å²) in [7, 11) is 0. The number of guanidine groups is 1. The average Bonchev–Trinajstić information content (AvgIpc) is 2.75. The largest absolute Gasteiger partial charge is 0.488 e. The van der Waals surface area contributed by atoms with Crippen molar-refractivity contribution in [3.05, 3.63) is 58.9 Å². The molecule has 3 N–H and O–H groups in total. The predicted molar refractivity (Wildman–Crippen MR) is 120 cm³/mol. The molecule has 0 saturated carbocycles. The molecular formula is C22H22ClFN4O5. The SMILES string of the molecule is CC(C)Oc1ccc(NC2=NCC(NC(=O)C(=O)O)C(=O)N2Cc2ccc(Cl)cc2)cc1F. The third-order valence-corrected chi connectivity index (χ3v) is 4.80. The maximum Gasteiger partial charge on any atom is 0.394 e. The van der Waals surface area contributed by atoms with Crippen LogP contribution in [0.1, 0.15) is 19.4 Å². The molecule has 0 bridgehead atoms. The Morgan fingerprint density at radius 1 is 1.27 bits per heavy atom. The maximum absolute atomic E-state index is 14.4. The highest BCUT2D eigenvalue weighted by Crippen LogP contribution is 2.23. The highest BCUT2D eigenvalue weighted by molar-refractivity contribution is 6.32. The van der Waals surface area contributed by atoms with Crippen molar-refractivity contribution >= 4 is 41.0 Å². The molecule has 174 valence electrons. The van der Waals surface area contributed by atoms with Crippen LogP contribution in [0.3, 0.4) is 0 Å². The van der Waals surface area contributed by atoms with E-state index in [9.17, 15) is 18.8 Å². The van der Waals surface area contributed by atoms with Gasteiger partial charge in [0.25, 0.3) is 5.91 Å². The number of carbonyl (C=O) groups is 3. The first-order chi connectivity index (χ1) is 15.6.